The van der Waals surface area contributed by atoms with Gasteiger partial charge < -0.3 is 19.6 Å². The van der Waals surface area contributed by atoms with Gasteiger partial charge in [0.05, 0.1) is 21.5 Å². The van der Waals surface area contributed by atoms with E-state index >= 15 is 0 Å². The van der Waals surface area contributed by atoms with Crippen LogP contribution in [0.4, 0.5) is 5.69 Å². The molecule has 4 rings (SSSR count). The highest BCUT2D eigenvalue weighted by Gasteiger charge is 2.18. The average Bonchev–Trinajstić information content (AvgIpc) is 3.28. The van der Waals surface area contributed by atoms with Crippen LogP contribution >= 0.6 is 11.6 Å². The molecule has 0 amide bonds. The molecule has 0 aliphatic rings. The number of H-pyrrole nitrogens is 1. The van der Waals surface area contributed by atoms with E-state index in [2.05, 4.69) is 9.97 Å². The Morgan fingerprint density at radius 3 is 2.60 bits per heavy atom. The number of ether oxygens (including phenoxy) is 2. The number of fused-ring (bicyclic) bond motifs is 1. The molecule has 174 valence electrons. The van der Waals surface area contributed by atoms with Gasteiger partial charge in [-0.25, -0.2) is 9.78 Å². The van der Waals surface area contributed by atoms with Gasteiger partial charge in [-0.15, -0.1) is 0 Å². The molecule has 0 aliphatic heterocycles. The quantitative estimate of drug-likeness (QED) is 0.112. The second kappa shape index (κ2) is 9.94. The van der Waals surface area contributed by atoms with Gasteiger partial charge in [0.15, 0.2) is 11.6 Å². The molecule has 35 heavy (non-hydrogen) atoms. The Kier molecular flexibility index (Phi) is 6.62. The molecular formula is C24H15ClN4O6. The average molecular weight is 491 g/mol. The second-order valence-corrected chi connectivity index (χ2v) is 7.54. The van der Waals surface area contributed by atoms with Gasteiger partial charge in [0.25, 0.3) is 0 Å². The summed E-state index contributed by atoms with van der Waals surface area (Å²) in [5, 5.41) is 31.2. The van der Waals surface area contributed by atoms with Crippen molar-refractivity contribution in [2.24, 2.45) is 0 Å². The molecule has 1 heterocycles. The van der Waals surface area contributed by atoms with Gasteiger partial charge in [-0.1, -0.05) is 23.7 Å². The van der Waals surface area contributed by atoms with E-state index in [1.807, 2.05) is 6.07 Å². The Hall–Kier alpha value is -4.88. The predicted octanol–water partition coefficient (Wildman–Crippen LogP) is 5.57. The molecular weight excluding hydrogens is 476 g/mol. The first-order chi connectivity index (χ1) is 16.9. The lowest BCUT2D eigenvalue weighted by molar-refractivity contribution is -0.385. The number of nitro benzene ring substituents is 1. The molecule has 1 aromatic heterocycles. The van der Waals surface area contributed by atoms with Crippen LogP contribution in [0.25, 0.3) is 16.6 Å². The highest BCUT2D eigenvalue weighted by molar-refractivity contribution is 6.30. The molecule has 0 aliphatic carbocycles. The third-order valence-corrected chi connectivity index (χ3v) is 5.04. The van der Waals surface area contributed by atoms with Crippen molar-refractivity contribution in [3.05, 3.63) is 99.0 Å². The summed E-state index contributed by atoms with van der Waals surface area (Å²) in [5.74, 6) is -0.844. The predicted molar refractivity (Wildman–Crippen MR) is 126 cm³/mol. The molecule has 0 radical (unpaired) electrons. The third kappa shape index (κ3) is 5.21. The fourth-order valence-electron chi connectivity index (χ4n) is 3.12. The Morgan fingerprint density at radius 2 is 1.91 bits per heavy atom. The van der Waals surface area contributed by atoms with Gasteiger partial charge in [-0.3, -0.25) is 10.1 Å². The lowest BCUT2D eigenvalue weighted by Crippen LogP contribution is -2.09. The molecule has 11 heteroatoms. The summed E-state index contributed by atoms with van der Waals surface area (Å²) in [6, 6.07) is 18.6. The van der Waals surface area contributed by atoms with E-state index < -0.39 is 23.3 Å². The molecule has 10 nitrogen and oxygen atoms in total. The summed E-state index contributed by atoms with van der Waals surface area (Å²) in [7, 11) is 0. The standard InChI is InChI=1S/C24H15ClN4O6/c25-15-7-10-22(20(11-15)29(32)33)35-16-8-5-14(6-9-16)24(31)34-13-21(30)17(12-26)23-27-18-3-1-2-4-19(18)28-23/h1-11,30H,13H2,(H,27,28). The number of aliphatic hydroxyl groups is 1. The lowest BCUT2D eigenvalue weighted by Gasteiger charge is -2.08. The fraction of sp³-hybridized carbons (Fsp3) is 0.0417. The van der Waals surface area contributed by atoms with Crippen LogP contribution in [0.2, 0.25) is 5.02 Å². The normalized spacial score (nSPS) is 11.4. The number of aromatic nitrogens is 2. The molecule has 0 bridgehead atoms. The van der Waals surface area contributed by atoms with Crippen molar-refractivity contribution in [1.82, 2.24) is 9.97 Å². The van der Waals surface area contributed by atoms with Crippen LogP contribution in [0.5, 0.6) is 11.5 Å². The van der Waals surface area contributed by atoms with E-state index in [-0.39, 0.29) is 39.2 Å². The van der Waals surface area contributed by atoms with Gasteiger partial charge in [0, 0.05) is 11.1 Å². The van der Waals surface area contributed by atoms with E-state index in [1.165, 1.54) is 42.5 Å². The van der Waals surface area contributed by atoms with Crippen LogP contribution in [-0.4, -0.2) is 32.6 Å². The molecule has 4 aromatic rings. The monoisotopic (exact) mass is 490 g/mol. The summed E-state index contributed by atoms with van der Waals surface area (Å²) >= 11 is 5.80. The van der Waals surface area contributed by atoms with Gasteiger partial charge in [-0.05, 0) is 48.5 Å². The molecule has 0 fully saturated rings. The van der Waals surface area contributed by atoms with Crippen LogP contribution in [0.3, 0.4) is 0 Å². The van der Waals surface area contributed by atoms with Gasteiger partial charge in [0.1, 0.15) is 24.0 Å². The number of halogens is 1. The van der Waals surface area contributed by atoms with Crippen LogP contribution in [-0.2, 0) is 4.74 Å². The number of aromatic amines is 1. The summed E-state index contributed by atoms with van der Waals surface area (Å²) in [5.41, 5.74) is 0.985. The number of carbonyl (C=O) groups excluding carboxylic acids is 1. The summed E-state index contributed by atoms with van der Waals surface area (Å²) in [6.07, 6.45) is 0. The van der Waals surface area contributed by atoms with Crippen LogP contribution in [0.1, 0.15) is 16.2 Å². The number of benzene rings is 3. The number of nitriles is 1. The van der Waals surface area contributed by atoms with Gasteiger partial charge in [-0.2, -0.15) is 5.26 Å². The highest BCUT2D eigenvalue weighted by Crippen LogP contribution is 2.33. The largest absolute Gasteiger partial charge is 0.507 e. The van der Waals surface area contributed by atoms with E-state index in [0.29, 0.717) is 11.0 Å². The third-order valence-electron chi connectivity index (χ3n) is 4.80. The molecule has 0 unspecified atom stereocenters. The minimum Gasteiger partial charge on any atom is -0.507 e. The van der Waals surface area contributed by atoms with Crippen molar-refractivity contribution in [2.75, 3.05) is 6.61 Å². The van der Waals surface area contributed by atoms with Crippen molar-refractivity contribution in [3.63, 3.8) is 0 Å². The number of nitrogens with zero attached hydrogens (tertiary/aromatic N) is 3. The van der Waals surface area contributed by atoms with Gasteiger partial charge >= 0.3 is 11.7 Å². The number of carbonyl (C=O) groups is 1. The van der Waals surface area contributed by atoms with Crippen molar-refractivity contribution >= 4 is 39.9 Å². The number of para-hydroxylation sites is 2. The first kappa shape index (κ1) is 23.3. The number of nitro groups is 1. The van der Waals surface area contributed by atoms with Crippen molar-refractivity contribution in [1.29, 1.82) is 5.26 Å². The fourth-order valence-corrected chi connectivity index (χ4v) is 3.29. The Balaban J connectivity index is 1.44. The molecule has 2 N–H and O–H groups in total. The number of allylic oxidation sites excluding steroid dienone is 1. The number of rotatable bonds is 7. The van der Waals surface area contributed by atoms with E-state index in [1.54, 1.807) is 24.3 Å². The zero-order chi connectivity index (χ0) is 24.9. The maximum absolute atomic E-state index is 12.4. The van der Waals surface area contributed by atoms with Crippen LogP contribution < -0.4 is 4.74 Å². The highest BCUT2D eigenvalue weighted by atomic mass is 35.5. The van der Waals surface area contributed by atoms with Gasteiger partial charge in [0.2, 0.25) is 5.75 Å². The number of nitrogens with one attached hydrogen (secondary N) is 1. The van der Waals surface area contributed by atoms with E-state index in [0.717, 1.165) is 0 Å². The van der Waals surface area contributed by atoms with Crippen LogP contribution in [0.15, 0.2) is 72.5 Å². The summed E-state index contributed by atoms with van der Waals surface area (Å²) in [6.45, 7) is -0.548. The number of hydrogen-bond donors (Lipinski definition) is 2. The van der Waals surface area contributed by atoms with Crippen LogP contribution in [0, 0.1) is 21.4 Å². The summed E-state index contributed by atoms with van der Waals surface area (Å²) < 4.78 is 10.6. The molecule has 0 saturated carbocycles. The number of esters is 1. The van der Waals surface area contributed by atoms with E-state index in [9.17, 15) is 25.3 Å². The maximum atomic E-state index is 12.4. The zero-order valence-corrected chi connectivity index (χ0v) is 18.5. The molecule has 0 atom stereocenters. The molecule has 3 aromatic carbocycles. The van der Waals surface area contributed by atoms with E-state index in [4.69, 9.17) is 21.1 Å². The Labute approximate surface area is 202 Å². The van der Waals surface area contributed by atoms with Crippen molar-refractivity contribution in [3.8, 4) is 17.6 Å². The smallest absolute Gasteiger partial charge is 0.338 e. The SMILES string of the molecule is N#CC(=C(O)COC(=O)c1ccc(Oc2ccc(Cl)cc2[N+](=O)[O-])cc1)c1nc2ccccc2[nH]1. The summed E-state index contributed by atoms with van der Waals surface area (Å²) in [4.78, 5) is 30.1. The van der Waals surface area contributed by atoms with Crippen molar-refractivity contribution < 1.29 is 24.3 Å². The molecule has 0 spiro atoms. The Bertz CT molecular complexity index is 1470. The first-order valence-electron chi connectivity index (χ1n) is 10.0. The maximum Gasteiger partial charge on any atom is 0.338 e. The Morgan fingerprint density at radius 1 is 1.17 bits per heavy atom. The first-order valence-corrected chi connectivity index (χ1v) is 10.4. The topological polar surface area (TPSA) is 151 Å². The minimum atomic E-state index is -0.762. The number of aliphatic hydroxyl groups excluding tert-OH is 1. The molecule has 0 saturated heterocycles. The number of imidazole rings is 1. The second-order valence-electron chi connectivity index (χ2n) is 7.11. The zero-order valence-electron chi connectivity index (χ0n) is 17.8. The minimum absolute atomic E-state index is 0.0144. The lowest BCUT2D eigenvalue weighted by atomic mass is 10.2. The van der Waals surface area contributed by atoms with Crippen molar-refractivity contribution in [2.45, 2.75) is 0 Å². The number of hydrogen-bond acceptors (Lipinski definition) is 8.